The van der Waals surface area contributed by atoms with E-state index in [4.69, 9.17) is 0 Å². The summed E-state index contributed by atoms with van der Waals surface area (Å²) in [7, 11) is 0. The van der Waals surface area contributed by atoms with Crippen molar-refractivity contribution in [2.45, 2.75) is 18.7 Å². The fourth-order valence-corrected chi connectivity index (χ4v) is 3.46. The van der Waals surface area contributed by atoms with Gasteiger partial charge in [0.25, 0.3) is 5.91 Å². The first-order chi connectivity index (χ1) is 13.5. The average molecular weight is 391 g/mol. The number of hydrogen-bond acceptors (Lipinski definition) is 3. The van der Waals surface area contributed by atoms with Crippen molar-refractivity contribution in [3.05, 3.63) is 89.5 Å². The Hall–Kier alpha value is -3.05. The molecule has 3 aromatic carbocycles. The summed E-state index contributed by atoms with van der Waals surface area (Å²) in [6.45, 7) is 3.92. The molecule has 0 saturated heterocycles. The lowest BCUT2D eigenvalue weighted by Gasteiger charge is -2.09. The molecule has 3 aromatic rings. The Morgan fingerprint density at radius 3 is 2.43 bits per heavy atom. The van der Waals surface area contributed by atoms with Crippen molar-refractivity contribution in [3.8, 4) is 0 Å². The highest BCUT2D eigenvalue weighted by atomic mass is 32.2. The average Bonchev–Trinajstić information content (AvgIpc) is 2.68. The van der Waals surface area contributed by atoms with Gasteiger partial charge in [-0.2, -0.15) is 0 Å². The van der Waals surface area contributed by atoms with Gasteiger partial charge in [0.05, 0.1) is 5.75 Å². The third-order valence-electron chi connectivity index (χ3n) is 4.16. The first-order valence-corrected chi connectivity index (χ1v) is 9.96. The van der Waals surface area contributed by atoms with Crippen LogP contribution in [-0.2, 0) is 4.79 Å². The standard InChI is InChI=1S/C23H22N2O2S/c1-16-7-5-9-18(13-16)23(27)24-19-10-6-11-20(14-19)28-15-22(26)25-21-12-4-3-8-17(21)2/h3-14H,15H2,1-2H3,(H,24,27)(H,25,26). The van der Waals surface area contributed by atoms with E-state index in [2.05, 4.69) is 10.6 Å². The number of thioether (sulfide) groups is 1. The Morgan fingerprint density at radius 2 is 1.64 bits per heavy atom. The zero-order valence-corrected chi connectivity index (χ0v) is 16.7. The number of anilines is 2. The summed E-state index contributed by atoms with van der Waals surface area (Å²) in [4.78, 5) is 25.5. The van der Waals surface area contributed by atoms with Gasteiger partial charge in [0.1, 0.15) is 0 Å². The number of nitrogens with one attached hydrogen (secondary N) is 2. The van der Waals surface area contributed by atoms with Gasteiger partial charge in [-0.05, 0) is 55.8 Å². The minimum Gasteiger partial charge on any atom is -0.325 e. The van der Waals surface area contributed by atoms with Gasteiger partial charge in [0, 0.05) is 21.8 Å². The Balaban J connectivity index is 1.58. The van der Waals surface area contributed by atoms with Crippen LogP contribution in [0.3, 0.4) is 0 Å². The number of amides is 2. The van der Waals surface area contributed by atoms with E-state index in [1.54, 1.807) is 6.07 Å². The molecule has 0 fully saturated rings. The number of benzene rings is 3. The van der Waals surface area contributed by atoms with Crippen molar-refractivity contribution < 1.29 is 9.59 Å². The van der Waals surface area contributed by atoms with Crippen LogP contribution in [0.1, 0.15) is 21.5 Å². The van der Waals surface area contributed by atoms with Crippen LogP contribution in [0.15, 0.2) is 77.7 Å². The summed E-state index contributed by atoms with van der Waals surface area (Å²) in [5, 5.41) is 5.83. The van der Waals surface area contributed by atoms with Gasteiger partial charge in [-0.3, -0.25) is 9.59 Å². The normalized spacial score (nSPS) is 10.4. The molecule has 0 atom stereocenters. The molecule has 0 aliphatic heterocycles. The van der Waals surface area contributed by atoms with Crippen LogP contribution in [0.4, 0.5) is 11.4 Å². The maximum Gasteiger partial charge on any atom is 0.255 e. The molecule has 2 amide bonds. The van der Waals surface area contributed by atoms with E-state index in [9.17, 15) is 9.59 Å². The van der Waals surface area contributed by atoms with E-state index in [-0.39, 0.29) is 11.8 Å². The molecular formula is C23H22N2O2S. The molecule has 0 aromatic heterocycles. The highest BCUT2D eigenvalue weighted by molar-refractivity contribution is 8.00. The number of carbonyl (C=O) groups excluding carboxylic acids is 2. The Morgan fingerprint density at radius 1 is 0.857 bits per heavy atom. The first-order valence-electron chi connectivity index (χ1n) is 8.97. The van der Waals surface area contributed by atoms with Gasteiger partial charge in [-0.15, -0.1) is 11.8 Å². The van der Waals surface area contributed by atoms with Gasteiger partial charge >= 0.3 is 0 Å². The summed E-state index contributed by atoms with van der Waals surface area (Å²) >= 11 is 1.43. The Labute approximate surface area is 169 Å². The molecule has 0 aliphatic rings. The second kappa shape index (κ2) is 9.24. The number of carbonyl (C=O) groups is 2. The van der Waals surface area contributed by atoms with Gasteiger partial charge in [0.2, 0.25) is 5.91 Å². The topological polar surface area (TPSA) is 58.2 Å². The summed E-state index contributed by atoms with van der Waals surface area (Å²) in [6.07, 6.45) is 0. The van der Waals surface area contributed by atoms with E-state index >= 15 is 0 Å². The van der Waals surface area contributed by atoms with Crippen molar-refractivity contribution >= 4 is 35.0 Å². The number of rotatable bonds is 6. The molecule has 0 heterocycles. The van der Waals surface area contributed by atoms with Crippen molar-refractivity contribution in [2.75, 3.05) is 16.4 Å². The van der Waals surface area contributed by atoms with E-state index in [0.29, 0.717) is 17.0 Å². The SMILES string of the molecule is Cc1cccc(C(=O)Nc2cccc(SCC(=O)Nc3ccccc3C)c2)c1. The fourth-order valence-electron chi connectivity index (χ4n) is 2.70. The molecule has 0 bridgehead atoms. The maximum absolute atomic E-state index is 12.4. The van der Waals surface area contributed by atoms with Gasteiger partial charge in [-0.25, -0.2) is 0 Å². The maximum atomic E-state index is 12.4. The third kappa shape index (κ3) is 5.47. The van der Waals surface area contributed by atoms with Crippen LogP contribution in [0, 0.1) is 13.8 Å². The number of aryl methyl sites for hydroxylation is 2. The largest absolute Gasteiger partial charge is 0.325 e. The van der Waals surface area contributed by atoms with Gasteiger partial charge in [0.15, 0.2) is 0 Å². The molecule has 0 radical (unpaired) electrons. The molecule has 3 rings (SSSR count). The van der Waals surface area contributed by atoms with Crippen molar-refractivity contribution in [2.24, 2.45) is 0 Å². The second-order valence-corrected chi connectivity index (χ2v) is 7.55. The fraction of sp³-hybridized carbons (Fsp3) is 0.130. The molecule has 0 aliphatic carbocycles. The van der Waals surface area contributed by atoms with Gasteiger partial charge < -0.3 is 10.6 Å². The zero-order chi connectivity index (χ0) is 19.9. The summed E-state index contributed by atoms with van der Waals surface area (Å²) < 4.78 is 0. The summed E-state index contributed by atoms with van der Waals surface area (Å²) in [5.74, 6) is 0.0838. The predicted molar refractivity (Wildman–Crippen MR) is 116 cm³/mol. The van der Waals surface area contributed by atoms with E-state index in [1.807, 2.05) is 80.6 Å². The molecule has 142 valence electrons. The second-order valence-electron chi connectivity index (χ2n) is 6.50. The van der Waals surface area contributed by atoms with Crippen molar-refractivity contribution in [3.63, 3.8) is 0 Å². The summed E-state index contributed by atoms with van der Waals surface area (Å²) in [5.41, 5.74) is 4.22. The highest BCUT2D eigenvalue weighted by Crippen LogP contribution is 2.23. The van der Waals surface area contributed by atoms with Crippen LogP contribution in [-0.4, -0.2) is 17.6 Å². The molecule has 4 nitrogen and oxygen atoms in total. The van der Waals surface area contributed by atoms with Crippen LogP contribution in [0.25, 0.3) is 0 Å². The molecule has 0 spiro atoms. The molecule has 5 heteroatoms. The lowest BCUT2D eigenvalue weighted by Crippen LogP contribution is -2.14. The Kier molecular flexibility index (Phi) is 6.50. The zero-order valence-electron chi connectivity index (χ0n) is 15.9. The van der Waals surface area contributed by atoms with Crippen LogP contribution < -0.4 is 10.6 Å². The molecule has 2 N–H and O–H groups in total. The number of hydrogen-bond donors (Lipinski definition) is 2. The van der Waals surface area contributed by atoms with E-state index < -0.39 is 0 Å². The van der Waals surface area contributed by atoms with E-state index in [0.717, 1.165) is 21.7 Å². The van der Waals surface area contributed by atoms with Crippen molar-refractivity contribution in [1.82, 2.24) is 0 Å². The minimum absolute atomic E-state index is 0.0616. The predicted octanol–water partition coefficient (Wildman–Crippen LogP) is 5.29. The molecule has 0 saturated carbocycles. The molecule has 0 unspecified atom stereocenters. The molecular weight excluding hydrogens is 368 g/mol. The van der Waals surface area contributed by atoms with E-state index in [1.165, 1.54) is 11.8 Å². The van der Waals surface area contributed by atoms with Crippen LogP contribution in [0.2, 0.25) is 0 Å². The number of para-hydroxylation sites is 1. The first kappa shape index (κ1) is 19.7. The third-order valence-corrected chi connectivity index (χ3v) is 5.16. The van der Waals surface area contributed by atoms with Crippen LogP contribution >= 0.6 is 11.8 Å². The molecule has 28 heavy (non-hydrogen) atoms. The summed E-state index contributed by atoms with van der Waals surface area (Å²) in [6, 6.07) is 22.7. The van der Waals surface area contributed by atoms with Crippen LogP contribution in [0.5, 0.6) is 0 Å². The smallest absolute Gasteiger partial charge is 0.255 e. The quantitative estimate of drug-likeness (QED) is 0.563. The lowest BCUT2D eigenvalue weighted by atomic mass is 10.1. The minimum atomic E-state index is -0.150. The highest BCUT2D eigenvalue weighted by Gasteiger charge is 2.08. The Bertz CT molecular complexity index is 1000. The van der Waals surface area contributed by atoms with Gasteiger partial charge in [-0.1, -0.05) is 42.0 Å². The lowest BCUT2D eigenvalue weighted by molar-refractivity contribution is -0.113. The van der Waals surface area contributed by atoms with Crippen molar-refractivity contribution in [1.29, 1.82) is 0 Å². The monoisotopic (exact) mass is 390 g/mol.